The predicted octanol–water partition coefficient (Wildman–Crippen LogP) is 2.81. The normalized spacial score (nSPS) is 23.8. The van der Waals surface area contributed by atoms with Gasteiger partial charge in [0, 0.05) is 18.3 Å². The van der Waals surface area contributed by atoms with Crippen molar-refractivity contribution in [3.8, 4) is 0 Å². The lowest BCUT2D eigenvalue weighted by Crippen LogP contribution is -2.27. The van der Waals surface area contributed by atoms with Gasteiger partial charge in [-0.1, -0.05) is 12.1 Å². The summed E-state index contributed by atoms with van der Waals surface area (Å²) >= 11 is 0. The Labute approximate surface area is 114 Å². The fraction of sp³-hybridized carbons (Fsp3) is 0.500. The van der Waals surface area contributed by atoms with Gasteiger partial charge in [0.25, 0.3) is 0 Å². The van der Waals surface area contributed by atoms with Crippen LogP contribution in [-0.2, 0) is 6.54 Å². The topological polar surface area (TPSA) is 48.0 Å². The van der Waals surface area contributed by atoms with Crippen molar-refractivity contribution in [3.05, 3.63) is 36.0 Å². The van der Waals surface area contributed by atoms with Crippen molar-refractivity contribution in [3.63, 3.8) is 0 Å². The van der Waals surface area contributed by atoms with Gasteiger partial charge < -0.3 is 15.4 Å². The molecule has 1 aliphatic carbocycles. The lowest BCUT2D eigenvalue weighted by atomic mass is 9.87. The second-order valence-electron chi connectivity index (χ2n) is 5.70. The molecule has 3 heteroatoms. The second kappa shape index (κ2) is 5.76. The number of fused-ring (bicyclic) bond motifs is 1. The SMILES string of the molecule is OC1CCC(CNCc2ccc3cc[nH]c3c2)CC1. The van der Waals surface area contributed by atoms with Crippen LogP contribution in [0.2, 0.25) is 0 Å². The van der Waals surface area contributed by atoms with E-state index < -0.39 is 0 Å². The largest absolute Gasteiger partial charge is 0.393 e. The van der Waals surface area contributed by atoms with Crippen LogP contribution in [0.1, 0.15) is 31.2 Å². The average molecular weight is 258 g/mol. The molecule has 1 aliphatic rings. The van der Waals surface area contributed by atoms with Crippen molar-refractivity contribution >= 4 is 10.9 Å². The highest BCUT2D eigenvalue weighted by atomic mass is 16.3. The van der Waals surface area contributed by atoms with E-state index in [1.54, 1.807) is 0 Å². The van der Waals surface area contributed by atoms with Crippen LogP contribution in [0.3, 0.4) is 0 Å². The molecule has 0 aliphatic heterocycles. The molecular weight excluding hydrogens is 236 g/mol. The van der Waals surface area contributed by atoms with E-state index in [0.717, 1.165) is 44.7 Å². The number of aromatic nitrogens is 1. The fourth-order valence-electron chi connectivity index (χ4n) is 2.97. The number of rotatable bonds is 4. The highest BCUT2D eigenvalue weighted by molar-refractivity contribution is 5.79. The molecule has 3 N–H and O–H groups in total. The molecule has 19 heavy (non-hydrogen) atoms. The summed E-state index contributed by atoms with van der Waals surface area (Å²) in [6.45, 7) is 1.99. The Balaban J connectivity index is 1.49. The van der Waals surface area contributed by atoms with Crippen molar-refractivity contribution < 1.29 is 5.11 Å². The number of aromatic amines is 1. The van der Waals surface area contributed by atoms with Gasteiger partial charge in [-0.15, -0.1) is 0 Å². The first-order valence-corrected chi connectivity index (χ1v) is 7.26. The number of aliphatic hydroxyl groups is 1. The summed E-state index contributed by atoms with van der Waals surface area (Å²) in [5.74, 6) is 0.734. The number of nitrogens with one attached hydrogen (secondary N) is 2. The molecule has 0 amide bonds. The summed E-state index contributed by atoms with van der Waals surface area (Å²) < 4.78 is 0. The highest BCUT2D eigenvalue weighted by Crippen LogP contribution is 2.23. The van der Waals surface area contributed by atoms with Crippen LogP contribution >= 0.6 is 0 Å². The summed E-state index contributed by atoms with van der Waals surface area (Å²) in [4.78, 5) is 3.25. The van der Waals surface area contributed by atoms with Gasteiger partial charge in [-0.25, -0.2) is 0 Å². The highest BCUT2D eigenvalue weighted by Gasteiger charge is 2.18. The quantitative estimate of drug-likeness (QED) is 0.789. The number of H-pyrrole nitrogens is 1. The van der Waals surface area contributed by atoms with Crippen LogP contribution in [0.4, 0.5) is 0 Å². The van der Waals surface area contributed by atoms with E-state index in [9.17, 15) is 5.11 Å². The lowest BCUT2D eigenvalue weighted by Gasteiger charge is -2.25. The van der Waals surface area contributed by atoms with Crippen molar-refractivity contribution in [1.29, 1.82) is 0 Å². The Morgan fingerprint density at radius 1 is 1.16 bits per heavy atom. The van der Waals surface area contributed by atoms with Gasteiger partial charge in [-0.05, 0) is 61.2 Å². The fourth-order valence-corrected chi connectivity index (χ4v) is 2.97. The summed E-state index contributed by atoms with van der Waals surface area (Å²) in [5.41, 5.74) is 2.53. The minimum Gasteiger partial charge on any atom is -0.393 e. The minimum absolute atomic E-state index is 0.0495. The average Bonchev–Trinajstić information content (AvgIpc) is 2.88. The van der Waals surface area contributed by atoms with Crippen molar-refractivity contribution in [1.82, 2.24) is 10.3 Å². The van der Waals surface area contributed by atoms with Crippen LogP contribution in [0.5, 0.6) is 0 Å². The van der Waals surface area contributed by atoms with E-state index >= 15 is 0 Å². The van der Waals surface area contributed by atoms with E-state index in [1.807, 2.05) is 6.20 Å². The molecule has 1 aromatic carbocycles. The maximum Gasteiger partial charge on any atom is 0.0540 e. The first-order valence-electron chi connectivity index (χ1n) is 7.26. The maximum atomic E-state index is 9.49. The number of benzene rings is 1. The third-order valence-electron chi connectivity index (χ3n) is 4.20. The Bertz CT molecular complexity index is 526. The predicted molar refractivity (Wildman–Crippen MR) is 78.0 cm³/mol. The maximum absolute atomic E-state index is 9.49. The van der Waals surface area contributed by atoms with Gasteiger partial charge in [0.15, 0.2) is 0 Å². The summed E-state index contributed by atoms with van der Waals surface area (Å²) in [6.07, 6.45) is 6.19. The third kappa shape index (κ3) is 3.17. The molecule has 0 bridgehead atoms. The smallest absolute Gasteiger partial charge is 0.0540 e. The van der Waals surface area contributed by atoms with Gasteiger partial charge in [0.05, 0.1) is 6.10 Å². The van der Waals surface area contributed by atoms with E-state index in [-0.39, 0.29) is 6.10 Å². The van der Waals surface area contributed by atoms with E-state index in [1.165, 1.54) is 16.5 Å². The Morgan fingerprint density at radius 2 is 2.00 bits per heavy atom. The van der Waals surface area contributed by atoms with Gasteiger partial charge in [-0.2, -0.15) is 0 Å². The Kier molecular flexibility index (Phi) is 3.85. The van der Waals surface area contributed by atoms with Crippen LogP contribution < -0.4 is 5.32 Å². The Morgan fingerprint density at radius 3 is 2.84 bits per heavy atom. The van der Waals surface area contributed by atoms with Crippen molar-refractivity contribution in [2.24, 2.45) is 5.92 Å². The monoisotopic (exact) mass is 258 g/mol. The zero-order chi connectivity index (χ0) is 13.1. The molecule has 3 rings (SSSR count). The molecule has 102 valence electrons. The first kappa shape index (κ1) is 12.7. The lowest BCUT2D eigenvalue weighted by molar-refractivity contribution is 0.108. The van der Waals surface area contributed by atoms with E-state index in [4.69, 9.17) is 0 Å². The van der Waals surface area contributed by atoms with Gasteiger partial charge in [-0.3, -0.25) is 0 Å². The van der Waals surface area contributed by atoms with Crippen LogP contribution in [-0.4, -0.2) is 22.7 Å². The molecule has 0 spiro atoms. The zero-order valence-corrected chi connectivity index (χ0v) is 11.2. The molecule has 1 heterocycles. The van der Waals surface area contributed by atoms with Gasteiger partial charge in [0.2, 0.25) is 0 Å². The number of aliphatic hydroxyl groups excluding tert-OH is 1. The van der Waals surface area contributed by atoms with E-state index in [2.05, 4.69) is 34.6 Å². The molecule has 0 unspecified atom stereocenters. The molecule has 1 saturated carbocycles. The molecule has 0 saturated heterocycles. The Hall–Kier alpha value is -1.32. The first-order chi connectivity index (χ1) is 9.31. The van der Waals surface area contributed by atoms with Gasteiger partial charge in [0.1, 0.15) is 0 Å². The summed E-state index contributed by atoms with van der Waals surface area (Å²) in [7, 11) is 0. The summed E-state index contributed by atoms with van der Waals surface area (Å²) in [5, 5.41) is 14.3. The number of hydrogen-bond acceptors (Lipinski definition) is 2. The molecule has 0 atom stereocenters. The van der Waals surface area contributed by atoms with Gasteiger partial charge >= 0.3 is 0 Å². The molecule has 3 nitrogen and oxygen atoms in total. The molecule has 0 radical (unpaired) electrons. The standard InChI is InChI=1S/C16H22N2O/c19-15-5-2-12(3-6-15)10-17-11-13-1-4-14-7-8-18-16(14)9-13/h1,4,7-9,12,15,17-19H,2-3,5-6,10-11H2. The zero-order valence-electron chi connectivity index (χ0n) is 11.2. The van der Waals surface area contributed by atoms with Crippen LogP contribution in [0.25, 0.3) is 10.9 Å². The van der Waals surface area contributed by atoms with Crippen LogP contribution in [0.15, 0.2) is 30.5 Å². The third-order valence-corrected chi connectivity index (χ3v) is 4.20. The molecule has 1 fully saturated rings. The van der Waals surface area contributed by atoms with Crippen molar-refractivity contribution in [2.45, 2.75) is 38.3 Å². The second-order valence-corrected chi connectivity index (χ2v) is 5.70. The van der Waals surface area contributed by atoms with E-state index in [0.29, 0.717) is 0 Å². The number of hydrogen-bond donors (Lipinski definition) is 3. The molecule has 2 aromatic rings. The molecule has 1 aromatic heterocycles. The minimum atomic E-state index is -0.0495. The summed E-state index contributed by atoms with van der Waals surface area (Å²) in [6, 6.07) is 8.67. The van der Waals surface area contributed by atoms with Crippen molar-refractivity contribution in [2.75, 3.05) is 6.54 Å². The molecular formula is C16H22N2O. The van der Waals surface area contributed by atoms with Crippen LogP contribution in [0, 0.1) is 5.92 Å².